The molecule has 4 rings (SSSR count). The summed E-state index contributed by atoms with van der Waals surface area (Å²) in [6.07, 6.45) is 0.784. The number of carbonyl (C=O) groups excluding carboxylic acids is 1. The lowest BCUT2D eigenvalue weighted by Gasteiger charge is -2.32. The van der Waals surface area contributed by atoms with Gasteiger partial charge >= 0.3 is 0 Å². The van der Waals surface area contributed by atoms with Crippen molar-refractivity contribution in [2.75, 3.05) is 12.0 Å². The minimum absolute atomic E-state index is 0.0730. The van der Waals surface area contributed by atoms with Crippen LogP contribution < -0.4 is 9.64 Å². The van der Waals surface area contributed by atoms with E-state index in [0.29, 0.717) is 18.5 Å². The molecule has 0 aliphatic carbocycles. The molecule has 1 amide bonds. The van der Waals surface area contributed by atoms with E-state index in [1.165, 1.54) is 12.1 Å². The van der Waals surface area contributed by atoms with Gasteiger partial charge in [-0.05, 0) is 60.4 Å². The van der Waals surface area contributed by atoms with Gasteiger partial charge in [-0.3, -0.25) is 4.79 Å². The number of aryl methyl sites for hydroxylation is 1. The molecular weight excluding hydrogens is 393 g/mol. The molecular formula is C26H26FNO3. The number of aliphatic hydroxyl groups excluding tert-OH is 1. The Morgan fingerprint density at radius 3 is 2.35 bits per heavy atom. The van der Waals surface area contributed by atoms with Crippen LogP contribution in [0.15, 0.2) is 78.9 Å². The Labute approximate surface area is 181 Å². The average Bonchev–Trinajstić information content (AvgIpc) is 3.16. The molecule has 1 heterocycles. The SMILES string of the molecule is COc1ccc([C@H]2CC(=O)N(c3ccc(F)cc3)[C@@H]2C(O)CCc2ccccc2)cc1. The van der Waals surface area contributed by atoms with Gasteiger partial charge in [0, 0.05) is 18.0 Å². The number of halogens is 1. The molecule has 3 aromatic rings. The smallest absolute Gasteiger partial charge is 0.228 e. The van der Waals surface area contributed by atoms with E-state index < -0.39 is 12.1 Å². The number of rotatable bonds is 7. The number of nitrogens with zero attached hydrogens (tertiary/aromatic N) is 1. The van der Waals surface area contributed by atoms with Crippen molar-refractivity contribution in [3.8, 4) is 5.75 Å². The molecule has 4 nitrogen and oxygen atoms in total. The van der Waals surface area contributed by atoms with Crippen LogP contribution in [0.3, 0.4) is 0 Å². The first-order chi connectivity index (χ1) is 15.1. The fraction of sp³-hybridized carbons (Fsp3) is 0.269. The van der Waals surface area contributed by atoms with Gasteiger partial charge in [-0.25, -0.2) is 4.39 Å². The van der Waals surface area contributed by atoms with Gasteiger partial charge in [0.1, 0.15) is 11.6 Å². The summed E-state index contributed by atoms with van der Waals surface area (Å²) < 4.78 is 18.7. The van der Waals surface area contributed by atoms with Gasteiger partial charge in [-0.15, -0.1) is 0 Å². The lowest BCUT2D eigenvalue weighted by Crippen LogP contribution is -2.43. The Kier molecular flexibility index (Phi) is 6.33. The predicted molar refractivity (Wildman–Crippen MR) is 119 cm³/mol. The number of aliphatic hydroxyl groups is 1. The van der Waals surface area contributed by atoms with Crippen LogP contribution in [0.2, 0.25) is 0 Å². The van der Waals surface area contributed by atoms with E-state index in [1.54, 1.807) is 24.1 Å². The molecule has 1 aliphatic heterocycles. The van der Waals surface area contributed by atoms with Crippen LogP contribution in [-0.4, -0.2) is 30.3 Å². The summed E-state index contributed by atoms with van der Waals surface area (Å²) in [6, 6.07) is 23.1. The maximum Gasteiger partial charge on any atom is 0.228 e. The van der Waals surface area contributed by atoms with Crippen LogP contribution in [-0.2, 0) is 11.2 Å². The van der Waals surface area contributed by atoms with Gasteiger partial charge in [-0.1, -0.05) is 42.5 Å². The molecule has 31 heavy (non-hydrogen) atoms. The molecule has 1 fully saturated rings. The normalized spacial score (nSPS) is 19.5. The lowest BCUT2D eigenvalue weighted by atomic mass is 9.86. The summed E-state index contributed by atoms with van der Waals surface area (Å²) in [7, 11) is 1.61. The molecule has 0 aromatic heterocycles. The van der Waals surface area contributed by atoms with E-state index >= 15 is 0 Å². The summed E-state index contributed by atoms with van der Waals surface area (Å²) >= 11 is 0. The fourth-order valence-corrected chi connectivity index (χ4v) is 4.41. The third-order valence-corrected chi connectivity index (χ3v) is 5.99. The molecule has 1 saturated heterocycles. The Hall–Kier alpha value is -3.18. The summed E-state index contributed by atoms with van der Waals surface area (Å²) in [5.41, 5.74) is 2.72. The first kappa shape index (κ1) is 21.1. The van der Waals surface area contributed by atoms with Crippen LogP contribution in [0.5, 0.6) is 5.75 Å². The van der Waals surface area contributed by atoms with E-state index in [1.807, 2.05) is 54.6 Å². The number of carbonyl (C=O) groups is 1. The van der Waals surface area contributed by atoms with Gasteiger partial charge in [0.15, 0.2) is 0 Å². The maximum absolute atomic E-state index is 13.5. The summed E-state index contributed by atoms with van der Waals surface area (Å²) in [6.45, 7) is 0. The zero-order valence-corrected chi connectivity index (χ0v) is 17.4. The molecule has 5 heteroatoms. The Morgan fingerprint density at radius 1 is 1.03 bits per heavy atom. The van der Waals surface area contributed by atoms with E-state index in [0.717, 1.165) is 16.9 Å². The highest BCUT2D eigenvalue weighted by molar-refractivity contribution is 5.97. The Morgan fingerprint density at radius 2 is 1.71 bits per heavy atom. The monoisotopic (exact) mass is 419 g/mol. The largest absolute Gasteiger partial charge is 0.497 e. The van der Waals surface area contributed by atoms with Gasteiger partial charge in [-0.2, -0.15) is 0 Å². The predicted octanol–water partition coefficient (Wildman–Crippen LogP) is 4.72. The second-order valence-corrected chi connectivity index (χ2v) is 7.91. The minimum Gasteiger partial charge on any atom is -0.497 e. The zero-order valence-electron chi connectivity index (χ0n) is 17.4. The van der Waals surface area contributed by atoms with Crippen molar-refractivity contribution < 1.29 is 19.0 Å². The molecule has 0 bridgehead atoms. The summed E-state index contributed by atoms with van der Waals surface area (Å²) in [4.78, 5) is 14.7. The number of hydrogen-bond donors (Lipinski definition) is 1. The number of hydrogen-bond acceptors (Lipinski definition) is 3. The van der Waals surface area contributed by atoms with Gasteiger partial charge in [0.05, 0.1) is 19.3 Å². The zero-order chi connectivity index (χ0) is 21.8. The van der Waals surface area contributed by atoms with Crippen molar-refractivity contribution in [1.82, 2.24) is 0 Å². The maximum atomic E-state index is 13.5. The first-order valence-corrected chi connectivity index (χ1v) is 10.5. The van der Waals surface area contributed by atoms with Gasteiger partial charge in [0.25, 0.3) is 0 Å². The third kappa shape index (κ3) is 4.62. The second kappa shape index (κ2) is 9.31. The topological polar surface area (TPSA) is 49.8 Å². The quantitative estimate of drug-likeness (QED) is 0.603. The minimum atomic E-state index is -0.733. The van der Waals surface area contributed by atoms with Gasteiger partial charge < -0.3 is 14.7 Å². The molecule has 3 aromatic carbocycles. The molecule has 160 valence electrons. The number of ether oxygens (including phenoxy) is 1. The highest BCUT2D eigenvalue weighted by Crippen LogP contribution is 2.40. The van der Waals surface area contributed by atoms with E-state index in [9.17, 15) is 14.3 Å². The van der Waals surface area contributed by atoms with Crippen molar-refractivity contribution in [2.45, 2.75) is 37.3 Å². The molecule has 0 radical (unpaired) electrons. The van der Waals surface area contributed by atoms with Crippen LogP contribution in [0.4, 0.5) is 10.1 Å². The molecule has 1 unspecified atom stereocenters. The second-order valence-electron chi connectivity index (χ2n) is 7.91. The number of anilines is 1. The average molecular weight is 419 g/mol. The third-order valence-electron chi connectivity index (χ3n) is 5.99. The van der Waals surface area contributed by atoms with Crippen molar-refractivity contribution in [3.05, 3.63) is 95.8 Å². The van der Waals surface area contributed by atoms with Crippen LogP contribution in [0.1, 0.15) is 29.9 Å². The Bertz CT molecular complexity index is 1010. The number of methoxy groups -OCH3 is 1. The van der Waals surface area contributed by atoms with E-state index in [2.05, 4.69) is 0 Å². The molecule has 0 saturated carbocycles. The number of amides is 1. The standard InChI is InChI=1S/C26H26FNO3/c1-31-22-14-8-19(9-15-22)23-17-25(30)28(21-12-10-20(27)11-13-21)26(23)24(29)16-7-18-5-3-2-4-6-18/h2-6,8-15,23-24,26,29H,7,16-17H2,1H3/t23-,24?,26+/m1/s1. The summed E-state index contributed by atoms with van der Waals surface area (Å²) in [5, 5.41) is 11.3. The highest BCUT2D eigenvalue weighted by atomic mass is 19.1. The van der Waals surface area contributed by atoms with Crippen molar-refractivity contribution >= 4 is 11.6 Å². The number of benzene rings is 3. The first-order valence-electron chi connectivity index (χ1n) is 10.5. The van der Waals surface area contributed by atoms with Gasteiger partial charge in [0.2, 0.25) is 5.91 Å². The molecule has 1 aliphatic rings. The van der Waals surface area contributed by atoms with Crippen molar-refractivity contribution in [3.63, 3.8) is 0 Å². The summed E-state index contributed by atoms with van der Waals surface area (Å²) in [5.74, 6) is 0.137. The lowest BCUT2D eigenvalue weighted by molar-refractivity contribution is -0.117. The Balaban J connectivity index is 1.64. The highest BCUT2D eigenvalue weighted by Gasteiger charge is 2.44. The van der Waals surface area contributed by atoms with Crippen molar-refractivity contribution in [1.29, 1.82) is 0 Å². The van der Waals surface area contributed by atoms with Crippen LogP contribution >= 0.6 is 0 Å². The fourth-order valence-electron chi connectivity index (χ4n) is 4.41. The molecule has 0 spiro atoms. The van der Waals surface area contributed by atoms with E-state index in [-0.39, 0.29) is 24.1 Å². The molecule has 3 atom stereocenters. The van der Waals surface area contributed by atoms with Crippen molar-refractivity contribution in [2.24, 2.45) is 0 Å². The molecule has 1 N–H and O–H groups in total. The van der Waals surface area contributed by atoms with Crippen LogP contribution in [0.25, 0.3) is 0 Å². The van der Waals surface area contributed by atoms with E-state index in [4.69, 9.17) is 4.74 Å². The van der Waals surface area contributed by atoms with Crippen LogP contribution in [0, 0.1) is 5.82 Å².